The number of amides is 1. The first-order valence-corrected chi connectivity index (χ1v) is 5.26. The lowest BCUT2D eigenvalue weighted by molar-refractivity contribution is -0.122. The Morgan fingerprint density at radius 2 is 1.87 bits per heavy atom. The third-order valence-electron chi connectivity index (χ3n) is 4.13. The molecule has 2 atom stereocenters. The van der Waals surface area contributed by atoms with E-state index in [4.69, 9.17) is 16.3 Å². The van der Waals surface area contributed by atoms with Crippen molar-refractivity contribution < 1.29 is 4.79 Å². The Morgan fingerprint density at radius 1 is 1.27 bits per heavy atom. The highest BCUT2D eigenvalue weighted by molar-refractivity contribution is 5.90. The summed E-state index contributed by atoms with van der Waals surface area (Å²) in [6, 6.07) is 4.12. The van der Waals surface area contributed by atoms with Crippen LogP contribution in [0.5, 0.6) is 0 Å². The van der Waals surface area contributed by atoms with Crippen molar-refractivity contribution in [3.05, 3.63) is 0 Å². The van der Waals surface area contributed by atoms with Crippen molar-refractivity contribution in [2.75, 3.05) is 0 Å². The number of nitrogens with two attached hydrogens (primary N) is 1. The Kier molecular flexibility index (Phi) is 1.98. The first-order chi connectivity index (χ1) is 7.15. The first kappa shape index (κ1) is 9.98. The van der Waals surface area contributed by atoms with Gasteiger partial charge in [0, 0.05) is 5.41 Å². The Bertz CT molecular complexity index is 384. The lowest BCUT2D eigenvalue weighted by Gasteiger charge is -2.23. The zero-order valence-corrected chi connectivity index (χ0v) is 8.49. The number of carbonyl (C=O) groups is 1. The molecule has 0 unspecified atom stereocenters. The summed E-state index contributed by atoms with van der Waals surface area (Å²) < 4.78 is 0. The van der Waals surface area contributed by atoms with Gasteiger partial charge in [-0.25, -0.2) is 0 Å². The summed E-state index contributed by atoms with van der Waals surface area (Å²) in [5.74, 6) is -1.09. The standard InChI is InChI=1S/C11H13N3O/c12-6-8-10(4-2-1-3-5-10)11(8,7-13)9(14)15/h8H,1-5H2,(H2,14,15)/t8-,11-/m1/s1. The normalized spacial score (nSPS) is 36.5. The number of carbonyl (C=O) groups excluding carboxylic acids is 1. The number of primary amides is 1. The van der Waals surface area contributed by atoms with E-state index in [1.54, 1.807) is 0 Å². The van der Waals surface area contributed by atoms with Crippen LogP contribution >= 0.6 is 0 Å². The van der Waals surface area contributed by atoms with Crippen molar-refractivity contribution in [3.63, 3.8) is 0 Å². The van der Waals surface area contributed by atoms with E-state index in [2.05, 4.69) is 6.07 Å². The van der Waals surface area contributed by atoms with Crippen molar-refractivity contribution in [2.24, 2.45) is 22.5 Å². The first-order valence-electron chi connectivity index (χ1n) is 5.26. The summed E-state index contributed by atoms with van der Waals surface area (Å²) in [7, 11) is 0. The van der Waals surface area contributed by atoms with Crippen LogP contribution < -0.4 is 5.73 Å². The van der Waals surface area contributed by atoms with Gasteiger partial charge in [0.2, 0.25) is 5.91 Å². The molecule has 0 heterocycles. The number of rotatable bonds is 1. The molecule has 0 radical (unpaired) electrons. The summed E-state index contributed by atoms with van der Waals surface area (Å²) in [6.45, 7) is 0. The van der Waals surface area contributed by atoms with Gasteiger partial charge in [0.15, 0.2) is 5.41 Å². The fourth-order valence-corrected chi connectivity index (χ4v) is 3.30. The molecule has 1 spiro atoms. The Balaban J connectivity index is 2.39. The minimum atomic E-state index is -1.19. The number of hydrogen-bond acceptors (Lipinski definition) is 3. The van der Waals surface area contributed by atoms with Gasteiger partial charge < -0.3 is 5.73 Å². The topological polar surface area (TPSA) is 90.7 Å². The van der Waals surface area contributed by atoms with Crippen molar-refractivity contribution >= 4 is 5.91 Å². The van der Waals surface area contributed by atoms with Gasteiger partial charge in [0.25, 0.3) is 0 Å². The molecule has 0 saturated heterocycles. The Morgan fingerprint density at radius 3 is 2.20 bits per heavy atom. The van der Waals surface area contributed by atoms with E-state index in [1.165, 1.54) is 0 Å². The van der Waals surface area contributed by atoms with Gasteiger partial charge >= 0.3 is 0 Å². The van der Waals surface area contributed by atoms with E-state index in [-0.39, 0.29) is 0 Å². The number of nitrogens with zero attached hydrogens (tertiary/aromatic N) is 2. The van der Waals surface area contributed by atoms with E-state index in [1.807, 2.05) is 6.07 Å². The molecule has 1 amide bonds. The molecule has 2 aliphatic rings. The average Bonchev–Trinajstić information content (AvgIpc) is 2.80. The molecule has 2 aliphatic carbocycles. The zero-order valence-electron chi connectivity index (χ0n) is 8.49. The molecule has 78 valence electrons. The molecule has 0 aromatic heterocycles. The van der Waals surface area contributed by atoms with Gasteiger partial charge in [0.05, 0.1) is 18.1 Å². The predicted molar refractivity (Wildman–Crippen MR) is 51.9 cm³/mol. The summed E-state index contributed by atoms with van der Waals surface area (Å²) in [4.78, 5) is 11.4. The molecule has 2 rings (SSSR count). The van der Waals surface area contributed by atoms with Crippen LogP contribution in [0.15, 0.2) is 0 Å². The molecular formula is C11H13N3O. The third-order valence-corrected chi connectivity index (χ3v) is 4.13. The maximum absolute atomic E-state index is 11.4. The van der Waals surface area contributed by atoms with E-state index in [0.29, 0.717) is 0 Å². The highest BCUT2D eigenvalue weighted by Crippen LogP contribution is 2.74. The smallest absolute Gasteiger partial charge is 0.239 e. The van der Waals surface area contributed by atoms with E-state index < -0.39 is 22.7 Å². The summed E-state index contributed by atoms with van der Waals surface area (Å²) in [6.07, 6.45) is 4.70. The zero-order chi connectivity index (χ0) is 11.1. The van der Waals surface area contributed by atoms with Gasteiger partial charge in [0.1, 0.15) is 0 Å². The fourth-order valence-electron chi connectivity index (χ4n) is 3.30. The van der Waals surface area contributed by atoms with E-state index in [9.17, 15) is 4.79 Å². The predicted octanol–water partition coefficient (Wildman–Crippen LogP) is 1.09. The molecule has 0 bridgehead atoms. The van der Waals surface area contributed by atoms with Crippen molar-refractivity contribution in [2.45, 2.75) is 32.1 Å². The molecular weight excluding hydrogens is 190 g/mol. The molecule has 15 heavy (non-hydrogen) atoms. The minimum Gasteiger partial charge on any atom is -0.368 e. The molecule has 4 nitrogen and oxygen atoms in total. The van der Waals surface area contributed by atoms with Gasteiger partial charge in [-0.15, -0.1) is 0 Å². The van der Waals surface area contributed by atoms with Gasteiger partial charge in [-0.1, -0.05) is 19.3 Å². The second-order valence-corrected chi connectivity index (χ2v) is 4.56. The second kappa shape index (κ2) is 2.97. The Labute approximate surface area is 88.7 Å². The highest BCUT2D eigenvalue weighted by atomic mass is 16.1. The van der Waals surface area contributed by atoms with Crippen LogP contribution in [0.3, 0.4) is 0 Å². The second-order valence-electron chi connectivity index (χ2n) is 4.56. The van der Waals surface area contributed by atoms with Crippen molar-refractivity contribution in [1.82, 2.24) is 0 Å². The van der Waals surface area contributed by atoms with Crippen LogP contribution in [0.1, 0.15) is 32.1 Å². The van der Waals surface area contributed by atoms with E-state index >= 15 is 0 Å². The quantitative estimate of drug-likeness (QED) is 0.691. The molecule has 2 saturated carbocycles. The molecule has 0 aromatic rings. The molecule has 2 fully saturated rings. The van der Waals surface area contributed by atoms with Crippen molar-refractivity contribution in [1.29, 1.82) is 10.5 Å². The molecule has 2 N–H and O–H groups in total. The number of nitriles is 2. The van der Waals surface area contributed by atoms with Crippen LogP contribution in [-0.2, 0) is 4.79 Å². The highest BCUT2D eigenvalue weighted by Gasteiger charge is 2.80. The summed E-state index contributed by atoms with van der Waals surface area (Å²) in [5.41, 5.74) is 3.69. The number of hydrogen-bond donors (Lipinski definition) is 1. The maximum Gasteiger partial charge on any atom is 0.239 e. The van der Waals surface area contributed by atoms with Crippen molar-refractivity contribution in [3.8, 4) is 12.1 Å². The molecule has 4 heteroatoms. The van der Waals surface area contributed by atoms with Gasteiger partial charge in [-0.05, 0) is 12.8 Å². The van der Waals surface area contributed by atoms with E-state index in [0.717, 1.165) is 32.1 Å². The SMILES string of the molecule is N#C[C@@H]1C2(CCCCC2)[C@@]1(C#N)C(N)=O. The average molecular weight is 203 g/mol. The van der Waals surface area contributed by atoms with Crippen LogP contribution in [-0.4, -0.2) is 5.91 Å². The largest absolute Gasteiger partial charge is 0.368 e. The third kappa shape index (κ3) is 0.920. The lowest BCUT2D eigenvalue weighted by atomic mass is 9.79. The van der Waals surface area contributed by atoms with Crippen LogP contribution in [0, 0.1) is 39.4 Å². The minimum absolute atomic E-state index is 0.416. The van der Waals surface area contributed by atoms with Crippen LogP contribution in [0.25, 0.3) is 0 Å². The molecule has 0 aliphatic heterocycles. The Hall–Kier alpha value is -1.55. The van der Waals surface area contributed by atoms with Gasteiger partial charge in [-0.3, -0.25) is 4.79 Å². The fraction of sp³-hybridized carbons (Fsp3) is 0.727. The van der Waals surface area contributed by atoms with Gasteiger partial charge in [-0.2, -0.15) is 10.5 Å². The monoisotopic (exact) mass is 203 g/mol. The summed E-state index contributed by atoms with van der Waals surface area (Å²) >= 11 is 0. The maximum atomic E-state index is 11.4. The lowest BCUT2D eigenvalue weighted by Crippen LogP contribution is -2.30. The van der Waals surface area contributed by atoms with Crippen LogP contribution in [0.4, 0.5) is 0 Å². The molecule has 0 aromatic carbocycles. The van der Waals surface area contributed by atoms with Crippen LogP contribution in [0.2, 0.25) is 0 Å². The summed E-state index contributed by atoms with van der Waals surface area (Å²) in [5, 5.41) is 18.2.